The molecule has 43 heavy (non-hydrogen) atoms. The number of carbonyl (C=O) groups is 3. The van der Waals surface area contributed by atoms with Gasteiger partial charge in [-0.3, -0.25) is 14.4 Å². The van der Waals surface area contributed by atoms with Gasteiger partial charge in [-0.2, -0.15) is 5.06 Å². The number of esters is 1. The molecule has 0 aromatic carbocycles. The van der Waals surface area contributed by atoms with E-state index in [9.17, 15) is 24.7 Å². The maximum atomic E-state index is 17.0. The third kappa shape index (κ3) is 7.01. The van der Waals surface area contributed by atoms with Gasteiger partial charge < -0.3 is 15.1 Å². The lowest BCUT2D eigenvalue weighted by Gasteiger charge is -2.61. The van der Waals surface area contributed by atoms with E-state index in [-0.39, 0.29) is 53.4 Å². The van der Waals surface area contributed by atoms with Crippen molar-refractivity contribution in [3.05, 3.63) is 46.2 Å². The van der Waals surface area contributed by atoms with Gasteiger partial charge in [0.05, 0.1) is 12.6 Å². The van der Waals surface area contributed by atoms with Gasteiger partial charge in [0, 0.05) is 29.2 Å². The molecule has 1 aromatic rings. The molecular formula is C33H43F2NO6S. The number of hydrogen-bond acceptors (Lipinski definition) is 8. The van der Waals surface area contributed by atoms with E-state index in [1.54, 1.807) is 25.2 Å². The molecule has 5 rings (SSSR count). The van der Waals surface area contributed by atoms with E-state index in [2.05, 4.69) is 24.5 Å². The number of aliphatic hydroxyl groups excluding tert-OH is 1. The molecule has 4 aliphatic carbocycles. The molecular weight excluding hydrogens is 576 g/mol. The van der Waals surface area contributed by atoms with E-state index in [1.807, 2.05) is 17.5 Å². The summed E-state index contributed by atoms with van der Waals surface area (Å²) in [5.74, 6) is -1.36. The first-order valence-corrected chi connectivity index (χ1v) is 15.5. The topological polar surface area (TPSA) is 104 Å². The van der Waals surface area contributed by atoms with Crippen LogP contribution < -0.4 is 0 Å². The fraction of sp³-hybridized carbons (Fsp3) is 0.606. The molecule has 7 nitrogen and oxygen atoms in total. The van der Waals surface area contributed by atoms with Gasteiger partial charge in [-0.1, -0.05) is 26.0 Å². The minimum atomic E-state index is -2.02. The van der Waals surface area contributed by atoms with Crippen molar-refractivity contribution in [2.75, 3.05) is 13.2 Å². The Balaban J connectivity index is 0.000000397. The van der Waals surface area contributed by atoms with Crippen LogP contribution in [0.25, 0.3) is 0 Å². The second-order valence-corrected chi connectivity index (χ2v) is 13.6. The zero-order valence-corrected chi connectivity index (χ0v) is 26.1. The van der Waals surface area contributed by atoms with Crippen LogP contribution >= 0.6 is 11.3 Å². The summed E-state index contributed by atoms with van der Waals surface area (Å²) in [5, 5.41) is 25.0. The highest BCUT2D eigenvalue weighted by Gasteiger charge is 2.71. The third-order valence-electron chi connectivity index (χ3n) is 9.59. The van der Waals surface area contributed by atoms with Crippen molar-refractivity contribution >= 4 is 28.9 Å². The summed E-state index contributed by atoms with van der Waals surface area (Å²) in [7, 11) is 0. The fourth-order valence-electron chi connectivity index (χ4n) is 7.80. The number of rotatable bonds is 7. The summed E-state index contributed by atoms with van der Waals surface area (Å²) >= 11 is 1.59. The second-order valence-electron chi connectivity index (χ2n) is 12.5. The minimum Gasteiger partial charge on any atom is -0.458 e. The molecule has 3 saturated carbocycles. The Kier molecular flexibility index (Phi) is 11.3. The van der Waals surface area contributed by atoms with Crippen LogP contribution in [-0.2, 0) is 25.7 Å². The van der Waals surface area contributed by atoms with Crippen LogP contribution in [-0.4, -0.2) is 64.0 Å². The first-order valence-electron chi connectivity index (χ1n) is 14.6. The molecule has 3 fully saturated rings. The van der Waals surface area contributed by atoms with Crippen molar-refractivity contribution < 1.29 is 38.2 Å². The predicted molar refractivity (Wildman–Crippen MR) is 160 cm³/mol. The third-order valence-corrected chi connectivity index (χ3v) is 10.5. The minimum absolute atomic E-state index is 0.0128. The largest absolute Gasteiger partial charge is 0.458 e. The van der Waals surface area contributed by atoms with Gasteiger partial charge in [0.1, 0.15) is 12.8 Å². The molecule has 1 heterocycles. The van der Waals surface area contributed by atoms with Crippen molar-refractivity contribution in [1.82, 2.24) is 5.06 Å². The molecule has 4 aliphatic rings. The number of alkyl halides is 2. The van der Waals surface area contributed by atoms with Crippen LogP contribution in [0.4, 0.5) is 8.78 Å². The molecule has 0 bridgehead atoms. The van der Waals surface area contributed by atoms with Gasteiger partial charge in [0.25, 0.3) is 0 Å². The van der Waals surface area contributed by atoms with Crippen molar-refractivity contribution in [1.29, 1.82) is 0 Å². The summed E-state index contributed by atoms with van der Waals surface area (Å²) in [6, 6.07) is 3.93. The summed E-state index contributed by atoms with van der Waals surface area (Å²) in [6.45, 7) is 7.62. The first-order chi connectivity index (χ1) is 20.2. The molecule has 5 unspecified atom stereocenters. The number of ketones is 2. The van der Waals surface area contributed by atoms with E-state index >= 15 is 8.78 Å². The Labute approximate surface area is 256 Å². The lowest BCUT2D eigenvalue weighted by Crippen LogP contribution is -2.67. The summed E-state index contributed by atoms with van der Waals surface area (Å²) in [6.07, 6.45) is 11.5. The number of Topliss-reactive ketones (excluding diaryl/α,β-unsaturated/α-hetero) is 1. The molecule has 0 aliphatic heterocycles. The van der Waals surface area contributed by atoms with Crippen LogP contribution in [0, 0.1) is 41.4 Å². The molecule has 0 saturated heterocycles. The zero-order valence-electron chi connectivity index (χ0n) is 25.3. The monoisotopic (exact) mass is 619 g/mol. The smallest absolute Gasteiger partial charge is 0.305 e. The second kappa shape index (κ2) is 13.9. The van der Waals surface area contributed by atoms with Gasteiger partial charge >= 0.3 is 5.97 Å². The average Bonchev–Trinajstić information content (AvgIpc) is 3.58. The molecule has 0 amide bonds. The molecule has 2 N–H and O–H groups in total. The predicted octanol–water partition coefficient (Wildman–Crippen LogP) is 5.65. The molecule has 10 heteroatoms. The number of aliphatic hydroxyl groups is 1. The lowest BCUT2D eigenvalue weighted by molar-refractivity contribution is -0.195. The van der Waals surface area contributed by atoms with Gasteiger partial charge in [-0.15, -0.1) is 24.2 Å². The van der Waals surface area contributed by atoms with Gasteiger partial charge in [-0.25, -0.2) is 8.78 Å². The zero-order chi connectivity index (χ0) is 32.2. The number of thiophene rings is 1. The van der Waals surface area contributed by atoms with Gasteiger partial charge in [-0.05, 0) is 86.0 Å². The number of carbonyl (C=O) groups excluding carboxylic acids is 3. The molecule has 236 valence electrons. The number of hydrogen-bond donors (Lipinski definition) is 2. The maximum absolute atomic E-state index is 17.0. The number of terminal acetylenes is 1. The van der Waals surface area contributed by atoms with Crippen molar-refractivity contribution in [2.24, 2.45) is 28.6 Å². The summed E-state index contributed by atoms with van der Waals surface area (Å²) < 4.78 is 36.8. The fourth-order valence-corrected chi connectivity index (χ4v) is 8.51. The highest BCUT2D eigenvalue weighted by Crippen LogP contribution is 2.68. The van der Waals surface area contributed by atoms with Crippen molar-refractivity contribution in [3.8, 4) is 12.8 Å². The Morgan fingerprint density at radius 2 is 1.91 bits per heavy atom. The van der Waals surface area contributed by atoms with Crippen molar-refractivity contribution in [2.45, 2.75) is 84.3 Å². The standard InChI is InChI=1S/C25H31F2NO3S.C6H10O3.C2H2/c1-23-11-15(13-28(31)14-17-4-3-7-32-17)8-18(23)19-10-21(26)20-9-16(29)5-6-24(20,2)25(19,27)22(30)12-23;1-3-6(8)9-4-5(2)7;1-2/h3-7,9,15,18-19,21-22,30-31H,8,10-14H2,1-2H3;3-4H2,1-2H3;1-2H/t15-,18?,19?,21+,22?,23?,24?,25+;;/m1../s1. The van der Waals surface area contributed by atoms with Crippen LogP contribution in [0.3, 0.4) is 0 Å². The number of allylic oxidation sites excluding steroid dienone is 4. The van der Waals surface area contributed by atoms with E-state index in [0.717, 1.165) is 11.3 Å². The summed E-state index contributed by atoms with van der Waals surface area (Å²) in [4.78, 5) is 33.5. The number of hydroxylamine groups is 2. The Hall–Kier alpha value is -2.71. The highest BCUT2D eigenvalue weighted by molar-refractivity contribution is 7.09. The summed E-state index contributed by atoms with van der Waals surface area (Å²) in [5.41, 5.74) is -3.49. The van der Waals surface area contributed by atoms with Gasteiger partial charge in [0.15, 0.2) is 17.2 Å². The normalized spacial score (nSPS) is 35.7. The van der Waals surface area contributed by atoms with E-state index < -0.39 is 29.3 Å². The van der Waals surface area contributed by atoms with E-state index in [0.29, 0.717) is 32.4 Å². The Morgan fingerprint density at radius 3 is 2.51 bits per heavy atom. The SMILES string of the molecule is C#C.CC12CC(O)[C@@]3(F)C(C[C@H](F)C4=CC(=O)C=CC43C)C1C[C@@H](CN(O)Cc1cccs1)C2.CCC(=O)OCC(C)=O. The first kappa shape index (κ1) is 34.8. The van der Waals surface area contributed by atoms with E-state index in [1.165, 1.54) is 30.2 Å². The number of fused-ring (bicyclic) bond motifs is 5. The molecule has 0 spiro atoms. The number of halogens is 2. The number of nitrogens with zero attached hydrogens (tertiary/aromatic N) is 1. The van der Waals surface area contributed by atoms with Crippen LogP contribution in [0.15, 0.2) is 41.3 Å². The Morgan fingerprint density at radius 1 is 1.21 bits per heavy atom. The lowest BCUT2D eigenvalue weighted by atomic mass is 9.45. The van der Waals surface area contributed by atoms with Gasteiger partial charge in [0.2, 0.25) is 0 Å². The molecule has 0 radical (unpaired) electrons. The van der Waals surface area contributed by atoms with Crippen LogP contribution in [0.2, 0.25) is 0 Å². The van der Waals surface area contributed by atoms with Crippen LogP contribution in [0.5, 0.6) is 0 Å². The van der Waals surface area contributed by atoms with E-state index in [4.69, 9.17) is 0 Å². The van der Waals surface area contributed by atoms with Crippen molar-refractivity contribution in [3.63, 3.8) is 0 Å². The quantitative estimate of drug-likeness (QED) is 0.231. The average molecular weight is 620 g/mol. The molecule has 1 aromatic heterocycles. The Bertz CT molecular complexity index is 1250. The highest BCUT2D eigenvalue weighted by atomic mass is 32.1. The van der Waals surface area contributed by atoms with Crippen LogP contribution in [0.1, 0.15) is 64.7 Å². The molecule has 8 atom stereocenters. The number of ether oxygens (including phenoxy) is 1. The maximum Gasteiger partial charge on any atom is 0.305 e.